The number of likely N-dealkylation sites (tertiary alicyclic amines) is 1. The number of rotatable bonds is 10. The minimum Gasteiger partial charge on any atom is -0.493 e. The van der Waals surface area contributed by atoms with Crippen LogP contribution >= 0.6 is 23.1 Å². The zero-order valence-electron chi connectivity index (χ0n) is 33.3. The number of amides is 1. The zero-order valence-corrected chi connectivity index (χ0v) is 34.9. The Balaban J connectivity index is 0.977. The molecular formula is C43H42F2N8O5S2. The van der Waals surface area contributed by atoms with Crippen molar-refractivity contribution in [1.82, 2.24) is 34.2 Å². The number of fused-ring (bicyclic) bond motifs is 4. The molecule has 6 heterocycles. The van der Waals surface area contributed by atoms with Gasteiger partial charge in [-0.05, 0) is 86.0 Å². The maximum atomic E-state index is 15.0. The Labute approximate surface area is 351 Å². The molecule has 6 aromatic rings. The van der Waals surface area contributed by atoms with Crippen LogP contribution in [0.15, 0.2) is 75.2 Å². The van der Waals surface area contributed by atoms with Crippen molar-refractivity contribution in [2.75, 3.05) is 38.3 Å². The standard InChI is InChI=1S/C43H42F2N8O5S2/c1-4-52-48-37(47-49-52)22-51-33-21-36(27-7-6-8-31(44)38(27)45)60-40(33)42(55)53(43(51)56)26-13-16-50(17-14-26)41(54)25-11-9-24(10-12-25)39-29-20-34(57-3)35(58-5-2)19-28(29)30-23-59-18-15-32(30)46-39/h6-12,19-21,26,30,32H,4-5,13-18,22-23H2,1-3H3/t30-,32-/m1/s1. The first-order valence-electron chi connectivity index (χ1n) is 20.1. The summed E-state index contributed by atoms with van der Waals surface area (Å²) in [5, 5.41) is 12.4. The van der Waals surface area contributed by atoms with Gasteiger partial charge in [0.2, 0.25) is 0 Å². The van der Waals surface area contributed by atoms with Gasteiger partial charge in [-0.25, -0.2) is 13.6 Å². The number of hydrogen-bond donors (Lipinski definition) is 0. The highest BCUT2D eigenvalue weighted by Gasteiger charge is 2.35. The van der Waals surface area contributed by atoms with Gasteiger partial charge in [0.1, 0.15) is 4.70 Å². The van der Waals surface area contributed by atoms with E-state index in [-0.39, 0.29) is 46.0 Å². The third kappa shape index (κ3) is 7.10. The Hall–Kier alpha value is -5.68. The molecule has 3 aliphatic heterocycles. The normalized spacial score (nSPS) is 17.9. The molecule has 3 aromatic heterocycles. The molecule has 0 spiro atoms. The molecule has 13 nitrogen and oxygen atoms in total. The topological polar surface area (TPSA) is 139 Å². The van der Waals surface area contributed by atoms with E-state index in [1.54, 1.807) is 12.0 Å². The molecule has 9 rings (SSSR count). The van der Waals surface area contributed by atoms with E-state index in [0.29, 0.717) is 55.3 Å². The lowest BCUT2D eigenvalue weighted by atomic mass is 9.81. The van der Waals surface area contributed by atoms with Crippen LogP contribution in [0.3, 0.4) is 0 Å². The molecule has 0 saturated carbocycles. The van der Waals surface area contributed by atoms with Crippen LogP contribution in [0.2, 0.25) is 0 Å². The van der Waals surface area contributed by atoms with Crippen molar-refractivity contribution in [3.05, 3.63) is 121 Å². The van der Waals surface area contributed by atoms with Crippen LogP contribution in [0, 0.1) is 11.6 Å². The minimum absolute atomic E-state index is 0.0130. The number of carbonyl (C=O) groups excluding carboxylic acids is 1. The van der Waals surface area contributed by atoms with Crippen LogP contribution in [-0.2, 0) is 13.1 Å². The molecule has 2 fully saturated rings. The average molecular weight is 853 g/mol. The summed E-state index contributed by atoms with van der Waals surface area (Å²) >= 11 is 2.94. The molecule has 2 saturated heterocycles. The largest absolute Gasteiger partial charge is 0.493 e. The Morgan fingerprint density at radius 1 is 0.967 bits per heavy atom. The SMILES string of the molecule is CCOc1cc2c(cc1OC)C(c1ccc(C(=O)N3CCC(n4c(=O)c5sc(-c6cccc(F)c6F)cc5n(Cc5nnn(CC)n5)c4=O)CC3)cc1)=N[C@@H]1CCSC[C@H]21. The summed E-state index contributed by atoms with van der Waals surface area (Å²) < 4.78 is 43.7. The van der Waals surface area contributed by atoms with Crippen LogP contribution in [-0.4, -0.2) is 90.2 Å². The number of aliphatic imine (C=N–C) groups is 1. The highest BCUT2D eigenvalue weighted by Crippen LogP contribution is 2.44. The second-order valence-corrected chi connectivity index (χ2v) is 17.2. The van der Waals surface area contributed by atoms with Gasteiger partial charge in [-0.3, -0.25) is 23.7 Å². The van der Waals surface area contributed by atoms with Crippen LogP contribution in [0.1, 0.15) is 77.9 Å². The molecule has 60 heavy (non-hydrogen) atoms. The molecule has 17 heteroatoms. The van der Waals surface area contributed by atoms with Crippen molar-refractivity contribution in [3.8, 4) is 21.9 Å². The van der Waals surface area contributed by atoms with Gasteiger partial charge in [-0.2, -0.15) is 16.6 Å². The summed E-state index contributed by atoms with van der Waals surface area (Å²) in [7, 11) is 1.64. The first-order chi connectivity index (χ1) is 29.2. The maximum absolute atomic E-state index is 15.0. The molecule has 0 N–H and O–H groups in total. The summed E-state index contributed by atoms with van der Waals surface area (Å²) in [6.45, 7) is 5.35. The van der Waals surface area contributed by atoms with E-state index >= 15 is 0 Å². The van der Waals surface area contributed by atoms with E-state index < -0.39 is 28.9 Å². The van der Waals surface area contributed by atoms with Gasteiger partial charge in [0.25, 0.3) is 11.5 Å². The van der Waals surface area contributed by atoms with Crippen LogP contribution in [0.5, 0.6) is 11.5 Å². The molecule has 3 aromatic carbocycles. The number of carbonyl (C=O) groups is 1. The van der Waals surface area contributed by atoms with Crippen LogP contribution in [0.25, 0.3) is 20.7 Å². The number of halogens is 2. The third-order valence-corrected chi connectivity index (χ3v) is 13.8. The van der Waals surface area contributed by atoms with Crippen molar-refractivity contribution >= 4 is 44.9 Å². The van der Waals surface area contributed by atoms with Crippen molar-refractivity contribution in [1.29, 1.82) is 0 Å². The van der Waals surface area contributed by atoms with E-state index in [4.69, 9.17) is 14.5 Å². The fourth-order valence-electron chi connectivity index (χ4n) is 8.52. The van der Waals surface area contributed by atoms with E-state index in [2.05, 4.69) is 21.5 Å². The van der Waals surface area contributed by atoms with E-state index in [1.165, 1.54) is 37.7 Å². The number of tetrazole rings is 1. The molecule has 2 atom stereocenters. The predicted molar refractivity (Wildman–Crippen MR) is 227 cm³/mol. The fraction of sp³-hybridized carbons (Fsp3) is 0.372. The first kappa shape index (κ1) is 39.8. The van der Waals surface area contributed by atoms with Gasteiger partial charge in [-0.15, -0.1) is 21.5 Å². The van der Waals surface area contributed by atoms with E-state index in [9.17, 15) is 23.2 Å². The number of nitrogens with zero attached hydrogens (tertiary/aromatic N) is 8. The molecule has 0 aliphatic carbocycles. The summed E-state index contributed by atoms with van der Waals surface area (Å²) in [6, 6.07) is 16.7. The Bertz CT molecular complexity index is 2770. The molecular weight excluding hydrogens is 811 g/mol. The van der Waals surface area contributed by atoms with E-state index in [0.717, 1.165) is 57.9 Å². The summed E-state index contributed by atoms with van der Waals surface area (Å²) in [5.41, 5.74) is 3.66. The fourth-order valence-corrected chi connectivity index (χ4v) is 10.9. The maximum Gasteiger partial charge on any atom is 0.332 e. The highest BCUT2D eigenvalue weighted by atomic mass is 32.2. The zero-order chi connectivity index (χ0) is 41.7. The van der Waals surface area contributed by atoms with Crippen molar-refractivity contribution in [2.45, 2.75) is 64.2 Å². The van der Waals surface area contributed by atoms with Crippen LogP contribution < -0.4 is 20.7 Å². The minimum atomic E-state index is -1.04. The van der Waals surface area contributed by atoms with Crippen molar-refractivity contribution in [2.24, 2.45) is 4.99 Å². The molecule has 0 radical (unpaired) electrons. The number of methoxy groups -OCH3 is 1. The van der Waals surface area contributed by atoms with Gasteiger partial charge in [-0.1, -0.05) is 24.3 Å². The van der Waals surface area contributed by atoms with Crippen molar-refractivity contribution in [3.63, 3.8) is 0 Å². The smallest absolute Gasteiger partial charge is 0.332 e. The highest BCUT2D eigenvalue weighted by molar-refractivity contribution is 7.99. The monoisotopic (exact) mass is 852 g/mol. The van der Waals surface area contributed by atoms with Crippen molar-refractivity contribution < 1.29 is 23.0 Å². The number of piperidine rings is 1. The second kappa shape index (κ2) is 16.4. The van der Waals surface area contributed by atoms with Gasteiger partial charge < -0.3 is 14.4 Å². The second-order valence-electron chi connectivity index (χ2n) is 15.0. The summed E-state index contributed by atoms with van der Waals surface area (Å²) in [4.78, 5) is 51.1. The summed E-state index contributed by atoms with van der Waals surface area (Å²) in [5.74, 6) is 1.75. The number of aromatic nitrogens is 6. The Kier molecular flexibility index (Phi) is 10.9. The molecule has 1 amide bonds. The number of thiophene rings is 1. The number of aryl methyl sites for hydroxylation is 1. The first-order valence-corrected chi connectivity index (χ1v) is 22.0. The molecule has 0 bridgehead atoms. The number of hydrogen-bond acceptors (Lipinski definition) is 11. The Morgan fingerprint density at radius 2 is 1.77 bits per heavy atom. The summed E-state index contributed by atoms with van der Waals surface area (Å²) in [6.07, 6.45) is 1.69. The molecule has 0 unspecified atom stereocenters. The predicted octanol–water partition coefficient (Wildman–Crippen LogP) is 6.55. The van der Waals surface area contributed by atoms with Crippen LogP contribution in [0.4, 0.5) is 8.78 Å². The lowest BCUT2D eigenvalue weighted by molar-refractivity contribution is 0.0691. The van der Waals surface area contributed by atoms with Gasteiger partial charge in [0, 0.05) is 57.9 Å². The Morgan fingerprint density at radius 3 is 2.50 bits per heavy atom. The average Bonchev–Trinajstić information content (AvgIpc) is 3.94. The molecule has 3 aliphatic rings. The number of benzene rings is 3. The lowest BCUT2D eigenvalue weighted by Gasteiger charge is -2.35. The lowest BCUT2D eigenvalue weighted by Crippen LogP contribution is -2.46. The molecule has 310 valence electrons. The van der Waals surface area contributed by atoms with Gasteiger partial charge >= 0.3 is 5.69 Å². The number of ether oxygens (including phenoxy) is 2. The van der Waals surface area contributed by atoms with E-state index in [1.807, 2.05) is 55.9 Å². The third-order valence-electron chi connectivity index (χ3n) is 11.6. The number of thioether (sulfide) groups is 1. The quantitative estimate of drug-likeness (QED) is 0.150. The van der Waals surface area contributed by atoms with Gasteiger partial charge in [0.15, 0.2) is 29.0 Å². The van der Waals surface area contributed by atoms with Gasteiger partial charge in [0.05, 0.1) is 44.1 Å².